The van der Waals surface area contributed by atoms with Crippen LogP contribution in [0.15, 0.2) is 0 Å². The van der Waals surface area contributed by atoms with Crippen LogP contribution < -0.4 is 10.6 Å². The Morgan fingerprint density at radius 2 is 2.50 bits per heavy atom. The number of aromatic amines is 1. The molecule has 1 aliphatic rings. The standard InChI is InChI=1S/C5H8N6OS.ClH/c12-4(3-1-13-2-6-3)7-5-8-10-11-9-5;/h3,6H,1-2H2,(H2,7,8,9,10,11,12);1H/t3-;/m1./s1. The third-order valence-electron chi connectivity index (χ3n) is 1.61. The molecule has 0 unspecified atom stereocenters. The van der Waals surface area contributed by atoms with Crippen molar-refractivity contribution in [2.24, 2.45) is 0 Å². The molecular weight excluding hydrogens is 228 g/mol. The van der Waals surface area contributed by atoms with Crippen molar-refractivity contribution in [2.45, 2.75) is 6.04 Å². The number of aromatic nitrogens is 4. The number of hydrogen-bond donors (Lipinski definition) is 3. The van der Waals surface area contributed by atoms with Crippen LogP contribution in [0.3, 0.4) is 0 Å². The van der Waals surface area contributed by atoms with Gasteiger partial charge in [-0.15, -0.1) is 29.3 Å². The molecule has 0 aliphatic carbocycles. The first-order chi connectivity index (χ1) is 6.36. The van der Waals surface area contributed by atoms with Gasteiger partial charge in [-0.1, -0.05) is 5.10 Å². The molecule has 1 fully saturated rings. The van der Waals surface area contributed by atoms with E-state index in [1.807, 2.05) is 0 Å². The zero-order valence-corrected chi connectivity index (χ0v) is 8.69. The lowest BCUT2D eigenvalue weighted by Crippen LogP contribution is -2.37. The molecule has 0 bridgehead atoms. The topological polar surface area (TPSA) is 95.6 Å². The highest BCUT2D eigenvalue weighted by Gasteiger charge is 2.23. The monoisotopic (exact) mass is 236 g/mol. The van der Waals surface area contributed by atoms with E-state index < -0.39 is 0 Å². The molecule has 14 heavy (non-hydrogen) atoms. The molecule has 0 saturated carbocycles. The normalized spacial score (nSPS) is 20.1. The molecule has 1 aliphatic heterocycles. The summed E-state index contributed by atoms with van der Waals surface area (Å²) in [6, 6.07) is -0.150. The maximum atomic E-state index is 11.4. The molecule has 1 atom stereocenters. The van der Waals surface area contributed by atoms with Crippen LogP contribution in [0.4, 0.5) is 5.95 Å². The SMILES string of the molecule is Cl.O=C(Nc1nn[nH]n1)[C@H]1CSCN1. The van der Waals surface area contributed by atoms with Crippen molar-refractivity contribution in [1.29, 1.82) is 0 Å². The van der Waals surface area contributed by atoms with Gasteiger partial charge in [-0.05, 0) is 5.21 Å². The van der Waals surface area contributed by atoms with E-state index in [0.29, 0.717) is 0 Å². The number of carbonyl (C=O) groups excluding carboxylic acids is 1. The fourth-order valence-electron chi connectivity index (χ4n) is 0.976. The second-order valence-corrected chi connectivity index (χ2v) is 3.53. The second kappa shape index (κ2) is 5.13. The van der Waals surface area contributed by atoms with E-state index in [2.05, 4.69) is 31.3 Å². The summed E-state index contributed by atoms with van der Waals surface area (Å²) in [5.74, 6) is 1.68. The van der Waals surface area contributed by atoms with Crippen molar-refractivity contribution in [3.05, 3.63) is 0 Å². The molecule has 0 radical (unpaired) electrons. The van der Waals surface area contributed by atoms with Crippen molar-refractivity contribution in [2.75, 3.05) is 16.9 Å². The minimum Gasteiger partial charge on any atom is -0.296 e. The number of thioether (sulfide) groups is 1. The first-order valence-corrected chi connectivity index (χ1v) is 4.87. The van der Waals surface area contributed by atoms with Crippen LogP contribution in [0, 0.1) is 0 Å². The highest BCUT2D eigenvalue weighted by atomic mass is 35.5. The van der Waals surface area contributed by atoms with E-state index in [-0.39, 0.29) is 30.3 Å². The molecule has 1 aromatic heterocycles. The Kier molecular flexibility index (Phi) is 4.11. The van der Waals surface area contributed by atoms with Crippen molar-refractivity contribution in [1.82, 2.24) is 25.9 Å². The number of amides is 1. The number of nitrogens with one attached hydrogen (secondary N) is 3. The number of carbonyl (C=O) groups is 1. The van der Waals surface area contributed by atoms with E-state index in [9.17, 15) is 4.79 Å². The van der Waals surface area contributed by atoms with Gasteiger partial charge in [-0.2, -0.15) is 5.21 Å². The summed E-state index contributed by atoms with van der Waals surface area (Å²) in [6.07, 6.45) is 0. The summed E-state index contributed by atoms with van der Waals surface area (Å²) in [4.78, 5) is 11.4. The summed E-state index contributed by atoms with van der Waals surface area (Å²) in [6.45, 7) is 0. The maximum Gasteiger partial charge on any atom is 0.269 e. The minimum absolute atomic E-state index is 0. The van der Waals surface area contributed by atoms with Gasteiger partial charge in [-0.3, -0.25) is 15.4 Å². The molecule has 78 valence electrons. The molecule has 1 saturated heterocycles. The average Bonchev–Trinajstić information content (AvgIpc) is 2.74. The third-order valence-corrected chi connectivity index (χ3v) is 2.55. The van der Waals surface area contributed by atoms with Gasteiger partial charge in [0.15, 0.2) is 0 Å². The summed E-state index contributed by atoms with van der Waals surface area (Å²) < 4.78 is 0. The lowest BCUT2D eigenvalue weighted by molar-refractivity contribution is -0.117. The Morgan fingerprint density at radius 3 is 3.07 bits per heavy atom. The van der Waals surface area contributed by atoms with Gasteiger partial charge in [0.05, 0.1) is 6.04 Å². The molecule has 1 amide bonds. The summed E-state index contributed by atoms with van der Waals surface area (Å²) in [7, 11) is 0. The van der Waals surface area contributed by atoms with E-state index in [1.54, 1.807) is 11.8 Å². The van der Waals surface area contributed by atoms with Crippen molar-refractivity contribution in [3.8, 4) is 0 Å². The van der Waals surface area contributed by atoms with E-state index in [4.69, 9.17) is 0 Å². The van der Waals surface area contributed by atoms with E-state index >= 15 is 0 Å². The molecule has 9 heteroatoms. The number of halogens is 1. The zero-order valence-electron chi connectivity index (χ0n) is 7.06. The number of hydrogen-bond acceptors (Lipinski definition) is 6. The van der Waals surface area contributed by atoms with Gasteiger partial charge in [-0.25, -0.2) is 0 Å². The first kappa shape index (κ1) is 11.2. The van der Waals surface area contributed by atoms with Gasteiger partial charge in [0, 0.05) is 11.6 Å². The lowest BCUT2D eigenvalue weighted by Gasteiger charge is -2.06. The Balaban J connectivity index is 0.000000980. The van der Waals surface area contributed by atoms with Crippen LogP contribution >= 0.6 is 24.2 Å². The molecule has 1 aromatic rings. The number of H-pyrrole nitrogens is 1. The number of anilines is 1. The van der Waals surface area contributed by atoms with Crippen LogP contribution in [0.5, 0.6) is 0 Å². The largest absolute Gasteiger partial charge is 0.296 e. The smallest absolute Gasteiger partial charge is 0.269 e. The maximum absolute atomic E-state index is 11.4. The molecule has 0 aromatic carbocycles. The van der Waals surface area contributed by atoms with Crippen LogP contribution in [-0.4, -0.2) is 44.2 Å². The lowest BCUT2D eigenvalue weighted by atomic mass is 10.3. The van der Waals surface area contributed by atoms with Gasteiger partial charge in [0.1, 0.15) is 0 Å². The molecular formula is C5H9ClN6OS. The highest BCUT2D eigenvalue weighted by Crippen LogP contribution is 2.10. The predicted octanol–water partition coefficient (Wildman–Crippen LogP) is -0.778. The Bertz CT molecular complexity index is 286. The summed E-state index contributed by atoms with van der Waals surface area (Å²) in [5.41, 5.74) is 0. The van der Waals surface area contributed by atoms with Gasteiger partial charge >= 0.3 is 0 Å². The van der Waals surface area contributed by atoms with Gasteiger partial charge in [0.25, 0.3) is 5.95 Å². The molecule has 2 rings (SSSR count). The number of tetrazole rings is 1. The van der Waals surface area contributed by atoms with Crippen LogP contribution in [0.1, 0.15) is 0 Å². The zero-order chi connectivity index (χ0) is 9.10. The highest BCUT2D eigenvalue weighted by molar-refractivity contribution is 7.99. The Labute approximate surface area is 90.2 Å². The fourth-order valence-corrected chi connectivity index (χ4v) is 1.92. The molecule has 2 heterocycles. The fraction of sp³-hybridized carbons (Fsp3) is 0.600. The van der Waals surface area contributed by atoms with Gasteiger partial charge in [0.2, 0.25) is 5.91 Å². The second-order valence-electron chi connectivity index (χ2n) is 2.50. The Morgan fingerprint density at radius 1 is 1.64 bits per heavy atom. The summed E-state index contributed by atoms with van der Waals surface area (Å²) in [5, 5.41) is 18.4. The Hall–Kier alpha value is -0.860. The van der Waals surface area contributed by atoms with Crippen molar-refractivity contribution >= 4 is 36.0 Å². The molecule has 3 N–H and O–H groups in total. The van der Waals surface area contributed by atoms with Crippen LogP contribution in [0.2, 0.25) is 0 Å². The van der Waals surface area contributed by atoms with Crippen molar-refractivity contribution in [3.63, 3.8) is 0 Å². The number of rotatable bonds is 2. The van der Waals surface area contributed by atoms with Crippen molar-refractivity contribution < 1.29 is 4.79 Å². The minimum atomic E-state index is -0.150. The van der Waals surface area contributed by atoms with E-state index in [1.165, 1.54) is 0 Å². The summed E-state index contributed by atoms with van der Waals surface area (Å²) >= 11 is 1.69. The van der Waals surface area contributed by atoms with Crippen LogP contribution in [0.25, 0.3) is 0 Å². The third kappa shape index (κ3) is 2.56. The van der Waals surface area contributed by atoms with Gasteiger partial charge < -0.3 is 0 Å². The number of nitrogens with zero attached hydrogens (tertiary/aromatic N) is 3. The van der Waals surface area contributed by atoms with E-state index in [0.717, 1.165) is 11.6 Å². The first-order valence-electron chi connectivity index (χ1n) is 3.72. The molecule has 7 nitrogen and oxygen atoms in total. The molecule has 0 spiro atoms. The van der Waals surface area contributed by atoms with Crippen LogP contribution in [-0.2, 0) is 4.79 Å². The predicted molar refractivity (Wildman–Crippen MR) is 54.3 cm³/mol. The quantitative estimate of drug-likeness (QED) is 0.624. The average molecular weight is 237 g/mol.